The Labute approximate surface area is 167 Å². The summed E-state index contributed by atoms with van der Waals surface area (Å²) in [5.74, 6) is 0.0536. The van der Waals surface area contributed by atoms with Gasteiger partial charge in [-0.2, -0.15) is 0 Å². The predicted molar refractivity (Wildman–Crippen MR) is 110 cm³/mol. The van der Waals surface area contributed by atoms with Crippen molar-refractivity contribution in [3.05, 3.63) is 64.3 Å². The Hall–Kier alpha value is -2.44. The number of nitrogens with zero attached hydrogens (tertiary/aromatic N) is 4. The molecule has 1 aliphatic heterocycles. The average molecular weight is 399 g/mol. The van der Waals surface area contributed by atoms with Crippen LogP contribution in [-0.4, -0.2) is 47.0 Å². The Morgan fingerprint density at radius 1 is 1.11 bits per heavy atom. The molecule has 5 nitrogen and oxygen atoms in total. The number of hydrogen-bond acceptors (Lipinski definition) is 5. The largest absolute Gasteiger partial charge is 0.368 e. The van der Waals surface area contributed by atoms with E-state index in [1.807, 2.05) is 48.2 Å². The smallest absolute Gasteiger partial charge is 0.265 e. The fourth-order valence-electron chi connectivity index (χ4n) is 3.18. The number of aryl methyl sites for hydroxylation is 1. The van der Waals surface area contributed by atoms with Gasteiger partial charge in [-0.3, -0.25) is 9.78 Å². The van der Waals surface area contributed by atoms with Crippen molar-refractivity contribution >= 4 is 34.5 Å². The third-order valence-corrected chi connectivity index (χ3v) is 6.02. The van der Waals surface area contributed by atoms with E-state index in [0.717, 1.165) is 40.2 Å². The van der Waals surface area contributed by atoms with Crippen molar-refractivity contribution in [2.75, 3.05) is 31.1 Å². The lowest BCUT2D eigenvalue weighted by Crippen LogP contribution is -2.48. The summed E-state index contributed by atoms with van der Waals surface area (Å²) in [6.45, 7) is 4.83. The highest BCUT2D eigenvalue weighted by atomic mass is 35.5. The van der Waals surface area contributed by atoms with Crippen LogP contribution in [0.25, 0.3) is 10.7 Å². The van der Waals surface area contributed by atoms with Crippen molar-refractivity contribution < 1.29 is 4.79 Å². The van der Waals surface area contributed by atoms with Crippen molar-refractivity contribution in [1.82, 2.24) is 14.9 Å². The number of benzene rings is 1. The zero-order valence-corrected chi connectivity index (χ0v) is 16.5. The second kappa shape index (κ2) is 7.66. The van der Waals surface area contributed by atoms with E-state index < -0.39 is 0 Å². The van der Waals surface area contributed by atoms with Gasteiger partial charge >= 0.3 is 0 Å². The molecule has 1 aromatic carbocycles. The van der Waals surface area contributed by atoms with Crippen LogP contribution in [0.3, 0.4) is 0 Å². The quantitative estimate of drug-likeness (QED) is 0.665. The molecule has 7 heteroatoms. The van der Waals surface area contributed by atoms with Crippen molar-refractivity contribution in [2.45, 2.75) is 6.92 Å². The molecule has 3 aromatic rings. The standard InChI is InChI=1S/C20H19ClN4OS/c1-14-18(27-19(23-14)17-7-2-3-8-22-17)20(26)25-11-9-24(10-12-25)16-6-4-5-15(21)13-16/h2-8,13H,9-12H2,1H3. The maximum atomic E-state index is 13.0. The third kappa shape index (κ3) is 3.82. The fraction of sp³-hybridized carbons (Fsp3) is 0.250. The Bertz CT molecular complexity index is 952. The molecule has 0 saturated carbocycles. The van der Waals surface area contributed by atoms with Crippen LogP contribution < -0.4 is 4.90 Å². The molecule has 2 aromatic heterocycles. The first-order valence-electron chi connectivity index (χ1n) is 8.80. The second-order valence-electron chi connectivity index (χ2n) is 6.41. The molecule has 27 heavy (non-hydrogen) atoms. The van der Waals surface area contributed by atoms with E-state index in [1.165, 1.54) is 11.3 Å². The summed E-state index contributed by atoms with van der Waals surface area (Å²) in [5.41, 5.74) is 2.67. The molecule has 0 aliphatic carbocycles. The summed E-state index contributed by atoms with van der Waals surface area (Å²) in [7, 11) is 0. The SMILES string of the molecule is Cc1nc(-c2ccccn2)sc1C(=O)N1CCN(c2cccc(Cl)c2)CC1. The normalized spacial score (nSPS) is 14.4. The number of pyridine rings is 1. The molecular weight excluding hydrogens is 380 g/mol. The van der Waals surface area contributed by atoms with Crippen molar-refractivity contribution in [1.29, 1.82) is 0 Å². The zero-order valence-electron chi connectivity index (χ0n) is 14.9. The number of piperazine rings is 1. The van der Waals surface area contributed by atoms with Gasteiger partial charge in [0.2, 0.25) is 0 Å². The summed E-state index contributed by atoms with van der Waals surface area (Å²) in [6, 6.07) is 13.5. The number of anilines is 1. The molecule has 1 fully saturated rings. The Morgan fingerprint density at radius 2 is 1.93 bits per heavy atom. The molecule has 0 spiro atoms. The minimum atomic E-state index is 0.0536. The second-order valence-corrected chi connectivity index (χ2v) is 7.84. The number of halogens is 1. The predicted octanol–water partition coefficient (Wildman–Crippen LogP) is 4.13. The van der Waals surface area contributed by atoms with Crippen molar-refractivity contribution in [3.8, 4) is 10.7 Å². The number of amides is 1. The van der Waals surface area contributed by atoms with Gasteiger partial charge in [-0.15, -0.1) is 11.3 Å². The van der Waals surface area contributed by atoms with Gasteiger partial charge < -0.3 is 9.80 Å². The first-order valence-corrected chi connectivity index (χ1v) is 10.00. The maximum absolute atomic E-state index is 13.0. The Balaban J connectivity index is 1.46. The van der Waals surface area contributed by atoms with Crippen LogP contribution >= 0.6 is 22.9 Å². The summed E-state index contributed by atoms with van der Waals surface area (Å²) >= 11 is 7.51. The molecule has 0 atom stereocenters. The first kappa shape index (κ1) is 17.9. The van der Waals surface area contributed by atoms with E-state index >= 15 is 0 Å². The molecule has 1 amide bonds. The molecule has 0 unspecified atom stereocenters. The molecule has 0 N–H and O–H groups in total. The number of carbonyl (C=O) groups excluding carboxylic acids is 1. The summed E-state index contributed by atoms with van der Waals surface area (Å²) in [6.07, 6.45) is 1.74. The van der Waals surface area contributed by atoms with Crippen LogP contribution in [0.5, 0.6) is 0 Å². The molecule has 4 rings (SSSR count). The minimum Gasteiger partial charge on any atom is -0.368 e. The van der Waals surface area contributed by atoms with Gasteiger partial charge in [0, 0.05) is 43.1 Å². The molecule has 0 bridgehead atoms. The van der Waals surface area contributed by atoms with Crippen LogP contribution in [0.2, 0.25) is 5.02 Å². The molecular formula is C20H19ClN4OS. The highest BCUT2D eigenvalue weighted by Crippen LogP contribution is 2.28. The van der Waals surface area contributed by atoms with Gasteiger partial charge in [-0.25, -0.2) is 4.98 Å². The number of thiazole rings is 1. The lowest BCUT2D eigenvalue weighted by molar-refractivity contribution is 0.0750. The van der Waals surface area contributed by atoms with Crippen LogP contribution in [0.1, 0.15) is 15.4 Å². The zero-order chi connectivity index (χ0) is 18.8. The molecule has 1 saturated heterocycles. The number of carbonyl (C=O) groups is 1. The average Bonchev–Trinajstić information content (AvgIpc) is 3.10. The topological polar surface area (TPSA) is 49.3 Å². The maximum Gasteiger partial charge on any atom is 0.265 e. The highest BCUT2D eigenvalue weighted by molar-refractivity contribution is 7.17. The summed E-state index contributed by atoms with van der Waals surface area (Å²) in [5, 5.41) is 1.52. The van der Waals surface area contributed by atoms with Crippen molar-refractivity contribution in [2.24, 2.45) is 0 Å². The van der Waals surface area contributed by atoms with Gasteiger partial charge in [0.15, 0.2) is 0 Å². The lowest BCUT2D eigenvalue weighted by Gasteiger charge is -2.36. The molecule has 0 radical (unpaired) electrons. The molecule has 138 valence electrons. The van der Waals surface area contributed by atoms with Crippen LogP contribution in [0.4, 0.5) is 5.69 Å². The third-order valence-electron chi connectivity index (χ3n) is 4.62. The van der Waals surface area contributed by atoms with E-state index in [4.69, 9.17) is 11.6 Å². The first-order chi connectivity index (χ1) is 13.1. The van der Waals surface area contributed by atoms with Gasteiger partial charge in [-0.1, -0.05) is 23.7 Å². The molecule has 3 heterocycles. The van der Waals surface area contributed by atoms with Crippen LogP contribution in [-0.2, 0) is 0 Å². The van der Waals surface area contributed by atoms with Crippen LogP contribution in [0, 0.1) is 6.92 Å². The Kier molecular flexibility index (Phi) is 5.09. The summed E-state index contributed by atoms with van der Waals surface area (Å²) in [4.78, 5) is 26.7. The number of hydrogen-bond donors (Lipinski definition) is 0. The monoisotopic (exact) mass is 398 g/mol. The highest BCUT2D eigenvalue weighted by Gasteiger charge is 2.26. The van der Waals surface area contributed by atoms with Crippen molar-refractivity contribution in [3.63, 3.8) is 0 Å². The fourth-order valence-corrected chi connectivity index (χ4v) is 4.37. The van der Waals surface area contributed by atoms with Crippen LogP contribution in [0.15, 0.2) is 48.7 Å². The number of rotatable bonds is 3. The van der Waals surface area contributed by atoms with E-state index in [1.54, 1.807) is 6.20 Å². The molecule has 1 aliphatic rings. The Morgan fingerprint density at radius 3 is 2.63 bits per heavy atom. The lowest BCUT2D eigenvalue weighted by atomic mass is 10.2. The van der Waals surface area contributed by atoms with Gasteiger partial charge in [0.1, 0.15) is 9.88 Å². The van der Waals surface area contributed by atoms with E-state index in [0.29, 0.717) is 18.0 Å². The van der Waals surface area contributed by atoms with Gasteiger partial charge in [-0.05, 0) is 37.3 Å². The van der Waals surface area contributed by atoms with Gasteiger partial charge in [0.05, 0.1) is 11.4 Å². The summed E-state index contributed by atoms with van der Waals surface area (Å²) < 4.78 is 0. The van der Waals surface area contributed by atoms with E-state index in [-0.39, 0.29) is 5.91 Å². The van der Waals surface area contributed by atoms with E-state index in [9.17, 15) is 4.79 Å². The van der Waals surface area contributed by atoms with Gasteiger partial charge in [0.25, 0.3) is 5.91 Å². The van der Waals surface area contributed by atoms with E-state index in [2.05, 4.69) is 20.9 Å². The number of aromatic nitrogens is 2. The minimum absolute atomic E-state index is 0.0536.